The van der Waals surface area contributed by atoms with Crippen LogP contribution in [0.4, 0.5) is 5.69 Å². The van der Waals surface area contributed by atoms with Crippen LogP contribution in [0.1, 0.15) is 29.8 Å². The predicted octanol–water partition coefficient (Wildman–Crippen LogP) is 3.37. The molecule has 2 aromatic rings. The Morgan fingerprint density at radius 1 is 0.929 bits per heavy atom. The van der Waals surface area contributed by atoms with Crippen molar-refractivity contribution in [2.24, 2.45) is 5.92 Å². The van der Waals surface area contributed by atoms with E-state index >= 15 is 0 Å². The fourth-order valence-corrected chi connectivity index (χ4v) is 3.88. The normalized spacial score (nSPS) is 16.4. The second kappa shape index (κ2) is 7.76. The summed E-state index contributed by atoms with van der Waals surface area (Å²) in [6.07, 6.45) is 0.884. The number of fused-ring (bicyclic) bond motifs is 1. The molecule has 0 atom stereocenters. The number of morpholine rings is 1. The van der Waals surface area contributed by atoms with Crippen molar-refractivity contribution in [2.75, 3.05) is 37.7 Å². The van der Waals surface area contributed by atoms with E-state index in [1.54, 1.807) is 0 Å². The summed E-state index contributed by atoms with van der Waals surface area (Å²) in [4.78, 5) is 28.7. The number of rotatable bonds is 3. The van der Waals surface area contributed by atoms with Gasteiger partial charge in [0, 0.05) is 36.8 Å². The SMILES string of the molecule is CC(C)C(=O)N1CCc2cc(-c3ccc(C(=O)N4CCOCC4)cc3)ccc21. The standard InChI is InChI=1S/C23H26N2O3/c1-16(2)22(26)25-10-9-20-15-19(7-8-21(20)25)17-3-5-18(6-4-17)23(27)24-11-13-28-14-12-24/h3-8,15-16H,9-14H2,1-2H3. The molecule has 2 amide bonds. The van der Waals surface area contributed by atoms with Crippen LogP contribution in [-0.4, -0.2) is 49.6 Å². The molecular weight excluding hydrogens is 352 g/mol. The first-order valence-corrected chi connectivity index (χ1v) is 9.96. The van der Waals surface area contributed by atoms with Gasteiger partial charge in [-0.15, -0.1) is 0 Å². The molecular formula is C23H26N2O3. The number of carbonyl (C=O) groups excluding carboxylic acids is 2. The Labute approximate surface area is 165 Å². The number of amides is 2. The lowest BCUT2D eigenvalue weighted by atomic mass is 10.00. The summed E-state index contributed by atoms with van der Waals surface area (Å²) in [6.45, 7) is 7.14. The molecule has 0 N–H and O–H groups in total. The molecule has 2 aliphatic heterocycles. The highest BCUT2D eigenvalue weighted by molar-refractivity contribution is 5.97. The molecule has 1 fully saturated rings. The summed E-state index contributed by atoms with van der Waals surface area (Å²) in [7, 11) is 0. The van der Waals surface area contributed by atoms with Gasteiger partial charge in [-0.3, -0.25) is 9.59 Å². The van der Waals surface area contributed by atoms with Crippen molar-refractivity contribution in [3.8, 4) is 11.1 Å². The number of hydrogen-bond donors (Lipinski definition) is 0. The van der Waals surface area contributed by atoms with Crippen molar-refractivity contribution in [2.45, 2.75) is 20.3 Å². The highest BCUT2D eigenvalue weighted by atomic mass is 16.5. The molecule has 2 heterocycles. The Bertz CT molecular complexity index is 883. The molecule has 0 radical (unpaired) electrons. The van der Waals surface area contributed by atoms with Gasteiger partial charge < -0.3 is 14.5 Å². The van der Waals surface area contributed by atoms with E-state index in [0.717, 1.165) is 29.8 Å². The van der Waals surface area contributed by atoms with Gasteiger partial charge in [0.15, 0.2) is 0 Å². The third-order valence-corrected chi connectivity index (χ3v) is 5.50. The number of anilines is 1. The van der Waals surface area contributed by atoms with Gasteiger partial charge in [-0.2, -0.15) is 0 Å². The van der Waals surface area contributed by atoms with Crippen LogP contribution < -0.4 is 4.90 Å². The first kappa shape index (κ1) is 18.7. The van der Waals surface area contributed by atoms with E-state index in [0.29, 0.717) is 31.9 Å². The van der Waals surface area contributed by atoms with Gasteiger partial charge >= 0.3 is 0 Å². The van der Waals surface area contributed by atoms with Crippen LogP contribution in [0.25, 0.3) is 11.1 Å². The van der Waals surface area contributed by atoms with E-state index in [1.165, 1.54) is 5.56 Å². The summed E-state index contributed by atoms with van der Waals surface area (Å²) >= 11 is 0. The second-order valence-electron chi connectivity index (χ2n) is 7.72. The van der Waals surface area contributed by atoms with Crippen LogP contribution in [0.3, 0.4) is 0 Å². The molecule has 0 aromatic heterocycles. The minimum Gasteiger partial charge on any atom is -0.378 e. The summed E-state index contributed by atoms with van der Waals surface area (Å²) in [5.74, 6) is 0.242. The Morgan fingerprint density at radius 3 is 2.29 bits per heavy atom. The smallest absolute Gasteiger partial charge is 0.254 e. The van der Waals surface area contributed by atoms with Gasteiger partial charge in [0.25, 0.3) is 5.91 Å². The Morgan fingerprint density at radius 2 is 1.61 bits per heavy atom. The van der Waals surface area contributed by atoms with Gasteiger partial charge in [0.1, 0.15) is 0 Å². The van der Waals surface area contributed by atoms with Crippen molar-refractivity contribution in [1.29, 1.82) is 0 Å². The van der Waals surface area contributed by atoms with Gasteiger partial charge in [0.05, 0.1) is 13.2 Å². The quantitative estimate of drug-likeness (QED) is 0.823. The summed E-state index contributed by atoms with van der Waals surface area (Å²) < 4.78 is 5.32. The molecule has 0 saturated carbocycles. The van der Waals surface area contributed by atoms with Crippen molar-refractivity contribution < 1.29 is 14.3 Å². The Hall–Kier alpha value is -2.66. The minimum absolute atomic E-state index is 0.00201. The van der Waals surface area contributed by atoms with Gasteiger partial charge in [-0.25, -0.2) is 0 Å². The molecule has 2 aliphatic rings. The van der Waals surface area contributed by atoms with Gasteiger partial charge in [0.2, 0.25) is 5.91 Å². The van der Waals surface area contributed by atoms with Crippen molar-refractivity contribution >= 4 is 17.5 Å². The molecule has 28 heavy (non-hydrogen) atoms. The average molecular weight is 378 g/mol. The second-order valence-corrected chi connectivity index (χ2v) is 7.72. The lowest BCUT2D eigenvalue weighted by molar-refractivity contribution is -0.121. The lowest BCUT2D eigenvalue weighted by Gasteiger charge is -2.26. The monoisotopic (exact) mass is 378 g/mol. The molecule has 0 unspecified atom stereocenters. The fraction of sp³-hybridized carbons (Fsp3) is 0.391. The lowest BCUT2D eigenvalue weighted by Crippen LogP contribution is -2.40. The maximum Gasteiger partial charge on any atom is 0.254 e. The zero-order valence-electron chi connectivity index (χ0n) is 16.5. The third-order valence-electron chi connectivity index (χ3n) is 5.50. The van der Waals surface area contributed by atoms with Crippen LogP contribution in [0, 0.1) is 5.92 Å². The van der Waals surface area contributed by atoms with E-state index in [4.69, 9.17) is 4.74 Å². The minimum atomic E-state index is 0.00201. The number of hydrogen-bond acceptors (Lipinski definition) is 3. The number of ether oxygens (including phenoxy) is 1. The largest absolute Gasteiger partial charge is 0.378 e. The highest BCUT2D eigenvalue weighted by Gasteiger charge is 2.26. The molecule has 0 bridgehead atoms. The van der Waals surface area contributed by atoms with E-state index in [9.17, 15) is 9.59 Å². The zero-order chi connectivity index (χ0) is 19.7. The van der Waals surface area contributed by atoms with E-state index in [-0.39, 0.29) is 17.7 Å². The van der Waals surface area contributed by atoms with Crippen LogP contribution in [-0.2, 0) is 16.0 Å². The van der Waals surface area contributed by atoms with E-state index in [1.807, 2.05) is 54.0 Å². The van der Waals surface area contributed by atoms with Gasteiger partial charge in [-0.05, 0) is 47.4 Å². The number of carbonyl (C=O) groups is 2. The molecule has 4 rings (SSSR count). The fourth-order valence-electron chi connectivity index (χ4n) is 3.88. The molecule has 2 aromatic carbocycles. The van der Waals surface area contributed by atoms with Crippen molar-refractivity contribution in [1.82, 2.24) is 4.90 Å². The highest BCUT2D eigenvalue weighted by Crippen LogP contribution is 2.33. The molecule has 1 saturated heterocycles. The summed E-state index contributed by atoms with van der Waals surface area (Å²) in [5.41, 5.74) is 5.14. The molecule has 5 nitrogen and oxygen atoms in total. The first-order valence-electron chi connectivity index (χ1n) is 9.96. The number of nitrogens with zero attached hydrogens (tertiary/aromatic N) is 2. The van der Waals surface area contributed by atoms with Gasteiger partial charge in [-0.1, -0.05) is 32.0 Å². The van der Waals surface area contributed by atoms with E-state index in [2.05, 4.69) is 12.1 Å². The van der Waals surface area contributed by atoms with Crippen molar-refractivity contribution in [3.05, 3.63) is 53.6 Å². The molecule has 146 valence electrons. The zero-order valence-corrected chi connectivity index (χ0v) is 16.5. The third kappa shape index (κ3) is 3.54. The predicted molar refractivity (Wildman–Crippen MR) is 109 cm³/mol. The summed E-state index contributed by atoms with van der Waals surface area (Å²) in [6, 6.07) is 14.1. The summed E-state index contributed by atoms with van der Waals surface area (Å²) in [5, 5.41) is 0. The first-order chi connectivity index (χ1) is 13.5. The maximum atomic E-state index is 12.6. The van der Waals surface area contributed by atoms with Crippen LogP contribution in [0.5, 0.6) is 0 Å². The average Bonchev–Trinajstić information content (AvgIpc) is 3.16. The van der Waals surface area contributed by atoms with Crippen LogP contribution in [0.15, 0.2) is 42.5 Å². The van der Waals surface area contributed by atoms with Crippen LogP contribution >= 0.6 is 0 Å². The number of benzene rings is 2. The van der Waals surface area contributed by atoms with Crippen molar-refractivity contribution in [3.63, 3.8) is 0 Å². The molecule has 5 heteroatoms. The Balaban J connectivity index is 1.52. The van der Waals surface area contributed by atoms with E-state index < -0.39 is 0 Å². The maximum absolute atomic E-state index is 12.6. The molecule has 0 aliphatic carbocycles. The molecule has 0 spiro atoms. The Kier molecular flexibility index (Phi) is 5.18. The van der Waals surface area contributed by atoms with Crippen LogP contribution in [0.2, 0.25) is 0 Å². The topological polar surface area (TPSA) is 49.9 Å².